The van der Waals surface area contributed by atoms with Gasteiger partial charge in [-0.25, -0.2) is 0 Å². The van der Waals surface area contributed by atoms with Gasteiger partial charge in [0.05, 0.1) is 15.8 Å². The summed E-state index contributed by atoms with van der Waals surface area (Å²) in [5, 5.41) is 4.00. The van der Waals surface area contributed by atoms with E-state index in [0.717, 1.165) is 11.1 Å². The van der Waals surface area contributed by atoms with Crippen LogP contribution in [0.25, 0.3) is 0 Å². The summed E-state index contributed by atoms with van der Waals surface area (Å²) in [5.74, 6) is 1.11. The van der Waals surface area contributed by atoms with Crippen LogP contribution in [0.2, 0.25) is 10.0 Å². The number of nitrogens with zero attached hydrogens (tertiary/aromatic N) is 1. The van der Waals surface area contributed by atoms with Crippen LogP contribution in [0.5, 0.6) is 0 Å². The van der Waals surface area contributed by atoms with Crippen molar-refractivity contribution >= 4 is 46.8 Å². The van der Waals surface area contributed by atoms with E-state index in [1.807, 2.05) is 63.2 Å². The molecule has 0 bridgehead atoms. The molecule has 2 aromatic carbocycles. The number of benzene rings is 2. The van der Waals surface area contributed by atoms with E-state index < -0.39 is 6.04 Å². The van der Waals surface area contributed by atoms with Crippen molar-refractivity contribution in [1.29, 1.82) is 0 Å². The van der Waals surface area contributed by atoms with Crippen molar-refractivity contribution in [2.24, 2.45) is 5.92 Å². The molecule has 0 radical (unpaired) electrons. The van der Waals surface area contributed by atoms with Gasteiger partial charge >= 0.3 is 0 Å². The molecular formula is C24H30Cl2N2O2S. The number of hydrogen-bond acceptors (Lipinski definition) is 3. The Hall–Kier alpha value is -1.69. The fourth-order valence-corrected chi connectivity index (χ4v) is 4.27. The van der Waals surface area contributed by atoms with Crippen LogP contribution in [0.1, 0.15) is 38.3 Å². The van der Waals surface area contributed by atoms with Gasteiger partial charge in [0.25, 0.3) is 0 Å². The van der Waals surface area contributed by atoms with E-state index in [9.17, 15) is 9.59 Å². The van der Waals surface area contributed by atoms with Crippen LogP contribution in [-0.2, 0) is 21.9 Å². The molecule has 1 N–H and O–H groups in total. The van der Waals surface area contributed by atoms with Gasteiger partial charge in [-0.05, 0) is 35.6 Å². The Morgan fingerprint density at radius 1 is 1.03 bits per heavy atom. The van der Waals surface area contributed by atoms with E-state index in [2.05, 4.69) is 5.32 Å². The summed E-state index contributed by atoms with van der Waals surface area (Å²) in [6, 6.07) is 14.7. The van der Waals surface area contributed by atoms with E-state index in [0.29, 0.717) is 41.2 Å². The Morgan fingerprint density at radius 3 is 2.35 bits per heavy atom. The van der Waals surface area contributed by atoms with Gasteiger partial charge in [0.15, 0.2) is 0 Å². The molecule has 0 unspecified atom stereocenters. The van der Waals surface area contributed by atoms with E-state index in [1.165, 1.54) is 11.8 Å². The number of hydrogen-bond donors (Lipinski definition) is 1. The van der Waals surface area contributed by atoms with Crippen LogP contribution in [0.3, 0.4) is 0 Å². The van der Waals surface area contributed by atoms with Crippen molar-refractivity contribution in [1.82, 2.24) is 10.2 Å². The Morgan fingerprint density at radius 2 is 1.74 bits per heavy atom. The van der Waals surface area contributed by atoms with Crippen LogP contribution in [0, 0.1) is 5.92 Å². The first-order chi connectivity index (χ1) is 14.8. The summed E-state index contributed by atoms with van der Waals surface area (Å²) < 4.78 is 0. The standard InChI is InChI=1S/C24H30Cl2N2O2S/c1-4-22(24(30)27-13-17(2)3)28(14-18-8-6-5-7-9-18)23(29)16-31-15-19-10-11-20(25)21(26)12-19/h5-12,17,22H,4,13-16H2,1-3H3,(H,27,30)/t22-/m0/s1. The Kier molecular flexibility index (Phi) is 10.7. The van der Waals surface area contributed by atoms with Crippen LogP contribution < -0.4 is 5.32 Å². The van der Waals surface area contributed by atoms with Gasteiger partial charge in [0.1, 0.15) is 6.04 Å². The highest BCUT2D eigenvalue weighted by molar-refractivity contribution is 7.99. The molecule has 0 heterocycles. The molecule has 168 valence electrons. The molecule has 2 aromatic rings. The first kappa shape index (κ1) is 25.6. The lowest BCUT2D eigenvalue weighted by Gasteiger charge is -2.31. The normalized spacial score (nSPS) is 11.9. The fourth-order valence-electron chi connectivity index (χ4n) is 3.09. The van der Waals surface area contributed by atoms with Crippen LogP contribution in [0.4, 0.5) is 0 Å². The average molecular weight is 481 g/mol. The number of nitrogens with one attached hydrogen (secondary N) is 1. The van der Waals surface area contributed by atoms with E-state index in [-0.39, 0.29) is 17.6 Å². The first-order valence-corrected chi connectivity index (χ1v) is 12.4. The SMILES string of the molecule is CC[C@@H](C(=O)NCC(C)C)N(Cc1ccccc1)C(=O)CSCc1ccc(Cl)c(Cl)c1. The molecular weight excluding hydrogens is 451 g/mol. The predicted octanol–water partition coefficient (Wildman–Crippen LogP) is 5.81. The maximum Gasteiger partial charge on any atom is 0.242 e. The van der Waals surface area contributed by atoms with Crippen molar-refractivity contribution in [2.45, 2.75) is 45.5 Å². The van der Waals surface area contributed by atoms with Crippen molar-refractivity contribution in [3.63, 3.8) is 0 Å². The molecule has 0 aliphatic heterocycles. The first-order valence-electron chi connectivity index (χ1n) is 10.4. The highest BCUT2D eigenvalue weighted by Crippen LogP contribution is 2.25. The summed E-state index contributed by atoms with van der Waals surface area (Å²) in [5.41, 5.74) is 2.00. The minimum absolute atomic E-state index is 0.0551. The molecule has 0 aliphatic rings. The molecule has 0 fully saturated rings. The number of carbonyl (C=O) groups excluding carboxylic acids is 2. The second kappa shape index (κ2) is 13.0. The summed E-state index contributed by atoms with van der Waals surface area (Å²) in [6.07, 6.45) is 0.556. The molecule has 1 atom stereocenters. The quantitative estimate of drug-likeness (QED) is 0.441. The highest BCUT2D eigenvalue weighted by Gasteiger charge is 2.28. The zero-order chi connectivity index (χ0) is 22.8. The average Bonchev–Trinajstić information content (AvgIpc) is 2.75. The minimum Gasteiger partial charge on any atom is -0.354 e. The van der Waals surface area contributed by atoms with Gasteiger partial charge < -0.3 is 10.2 Å². The number of thioether (sulfide) groups is 1. The maximum absolute atomic E-state index is 13.2. The summed E-state index contributed by atoms with van der Waals surface area (Å²) >= 11 is 13.6. The Bertz CT molecular complexity index is 862. The highest BCUT2D eigenvalue weighted by atomic mass is 35.5. The predicted molar refractivity (Wildman–Crippen MR) is 132 cm³/mol. The monoisotopic (exact) mass is 480 g/mol. The third kappa shape index (κ3) is 8.40. The summed E-state index contributed by atoms with van der Waals surface area (Å²) in [7, 11) is 0. The van der Waals surface area contributed by atoms with Gasteiger partial charge in [0.2, 0.25) is 11.8 Å². The molecule has 0 aliphatic carbocycles. The van der Waals surface area contributed by atoms with Gasteiger partial charge in [-0.2, -0.15) is 0 Å². The molecule has 0 aromatic heterocycles. The smallest absolute Gasteiger partial charge is 0.242 e. The van der Waals surface area contributed by atoms with Crippen molar-refractivity contribution < 1.29 is 9.59 Å². The third-order valence-corrected chi connectivity index (χ3v) is 6.47. The van der Waals surface area contributed by atoms with Crippen molar-refractivity contribution in [3.05, 3.63) is 69.7 Å². The minimum atomic E-state index is -0.503. The van der Waals surface area contributed by atoms with Gasteiger partial charge in [-0.1, -0.05) is 80.4 Å². The van der Waals surface area contributed by atoms with Gasteiger partial charge in [0, 0.05) is 18.8 Å². The van der Waals surface area contributed by atoms with Crippen LogP contribution in [-0.4, -0.2) is 35.1 Å². The molecule has 7 heteroatoms. The number of halogens is 2. The van der Waals surface area contributed by atoms with Crippen LogP contribution in [0.15, 0.2) is 48.5 Å². The molecule has 0 saturated heterocycles. The second-order valence-corrected chi connectivity index (χ2v) is 9.61. The Labute approximate surface area is 199 Å². The largest absolute Gasteiger partial charge is 0.354 e. The van der Waals surface area contributed by atoms with E-state index in [4.69, 9.17) is 23.2 Å². The summed E-state index contributed by atoms with van der Waals surface area (Å²) in [4.78, 5) is 27.7. The molecule has 2 amide bonds. The molecule has 0 spiro atoms. The van der Waals surface area contributed by atoms with Gasteiger partial charge in [-0.3, -0.25) is 9.59 Å². The van der Waals surface area contributed by atoms with E-state index >= 15 is 0 Å². The maximum atomic E-state index is 13.2. The number of amides is 2. The van der Waals surface area contributed by atoms with Crippen molar-refractivity contribution in [3.8, 4) is 0 Å². The fraction of sp³-hybridized carbons (Fsp3) is 0.417. The topological polar surface area (TPSA) is 49.4 Å². The lowest BCUT2D eigenvalue weighted by atomic mass is 10.1. The van der Waals surface area contributed by atoms with Crippen LogP contribution >= 0.6 is 35.0 Å². The zero-order valence-corrected chi connectivity index (χ0v) is 20.6. The Balaban J connectivity index is 2.09. The molecule has 2 rings (SSSR count). The number of rotatable bonds is 11. The molecule has 4 nitrogen and oxygen atoms in total. The zero-order valence-electron chi connectivity index (χ0n) is 18.2. The van der Waals surface area contributed by atoms with Crippen molar-refractivity contribution in [2.75, 3.05) is 12.3 Å². The summed E-state index contributed by atoms with van der Waals surface area (Å²) in [6.45, 7) is 7.03. The number of carbonyl (C=O) groups is 2. The lowest BCUT2D eigenvalue weighted by Crippen LogP contribution is -2.50. The third-order valence-electron chi connectivity index (χ3n) is 4.74. The van der Waals surface area contributed by atoms with Gasteiger partial charge in [-0.15, -0.1) is 11.8 Å². The second-order valence-electron chi connectivity index (χ2n) is 7.81. The lowest BCUT2D eigenvalue weighted by molar-refractivity contribution is -0.139. The molecule has 31 heavy (non-hydrogen) atoms. The molecule has 0 saturated carbocycles. The van der Waals surface area contributed by atoms with E-state index in [1.54, 1.807) is 11.0 Å².